The van der Waals surface area contributed by atoms with Crippen molar-refractivity contribution in [3.05, 3.63) is 39.7 Å². The van der Waals surface area contributed by atoms with Crippen LogP contribution in [0, 0.1) is 15.9 Å². The molecule has 0 heterocycles. The molecule has 0 radical (unpaired) electrons. The molecule has 0 aromatic heterocycles. The van der Waals surface area contributed by atoms with Gasteiger partial charge in [0, 0.05) is 0 Å². The zero-order valence-corrected chi connectivity index (χ0v) is 6.51. The summed E-state index contributed by atoms with van der Waals surface area (Å²) in [6, 6.07) is 1.10. The lowest BCUT2D eigenvalue weighted by Gasteiger charge is -2.06. The van der Waals surface area contributed by atoms with Gasteiger partial charge in [0.05, 0.1) is 11.0 Å². The fourth-order valence-electron chi connectivity index (χ4n) is 0.896. The summed E-state index contributed by atoms with van der Waals surface area (Å²) < 4.78 is 48.8. The van der Waals surface area contributed by atoms with Crippen LogP contribution in [0.5, 0.6) is 0 Å². The maximum atomic E-state index is 12.4. The quantitative estimate of drug-likeness (QED) is 0.405. The number of benzene rings is 1. The van der Waals surface area contributed by atoms with Crippen LogP contribution in [-0.2, 0) is 6.18 Å². The number of nitrogens with zero attached hydrogens (tertiary/aromatic N) is 1. The Kier molecular flexibility index (Phi) is 2.41. The lowest BCUT2D eigenvalue weighted by Crippen LogP contribution is -2.08. The Morgan fingerprint density at radius 1 is 1.29 bits per heavy atom. The van der Waals surface area contributed by atoms with Gasteiger partial charge in [0.25, 0.3) is 5.69 Å². The molecular formula is C7H3F4NO2. The molecule has 1 aromatic rings. The molecule has 0 unspecified atom stereocenters. The molecule has 0 fully saturated rings. The number of hydrogen-bond acceptors (Lipinski definition) is 2. The lowest BCUT2D eigenvalue weighted by molar-refractivity contribution is -0.388. The number of rotatable bonds is 1. The van der Waals surface area contributed by atoms with E-state index in [4.69, 9.17) is 0 Å². The Morgan fingerprint density at radius 3 is 2.29 bits per heavy atom. The van der Waals surface area contributed by atoms with E-state index >= 15 is 0 Å². The highest BCUT2D eigenvalue weighted by molar-refractivity contribution is 5.42. The van der Waals surface area contributed by atoms with Gasteiger partial charge in [0.2, 0.25) is 0 Å². The van der Waals surface area contributed by atoms with Gasteiger partial charge in [0.15, 0.2) is 0 Å². The average molecular weight is 209 g/mol. The van der Waals surface area contributed by atoms with E-state index in [0.29, 0.717) is 12.1 Å². The number of alkyl halides is 3. The van der Waals surface area contributed by atoms with Gasteiger partial charge in [-0.2, -0.15) is 13.2 Å². The van der Waals surface area contributed by atoms with E-state index in [1.54, 1.807) is 0 Å². The number of nitro benzene ring substituents is 1. The average Bonchev–Trinajstić information content (AvgIpc) is 2.01. The minimum atomic E-state index is -4.85. The first-order valence-corrected chi connectivity index (χ1v) is 3.33. The van der Waals surface area contributed by atoms with E-state index in [-0.39, 0.29) is 6.07 Å². The van der Waals surface area contributed by atoms with Crippen LogP contribution in [0.1, 0.15) is 5.56 Å². The summed E-state index contributed by atoms with van der Waals surface area (Å²) in [4.78, 5) is 8.89. The molecule has 1 rings (SSSR count). The van der Waals surface area contributed by atoms with Crippen molar-refractivity contribution >= 4 is 5.69 Å². The molecule has 0 saturated carbocycles. The van der Waals surface area contributed by atoms with E-state index in [1.165, 1.54) is 0 Å². The van der Waals surface area contributed by atoms with Crippen LogP contribution in [0.3, 0.4) is 0 Å². The highest BCUT2D eigenvalue weighted by Gasteiger charge is 2.38. The van der Waals surface area contributed by atoms with Crippen LogP contribution in [0.2, 0.25) is 0 Å². The van der Waals surface area contributed by atoms with Crippen LogP contribution in [0.4, 0.5) is 23.2 Å². The van der Waals surface area contributed by atoms with Crippen LogP contribution in [0.15, 0.2) is 18.2 Å². The van der Waals surface area contributed by atoms with E-state index < -0.39 is 28.2 Å². The molecule has 0 amide bonds. The smallest absolute Gasteiger partial charge is 0.258 e. The Hall–Kier alpha value is -1.66. The maximum Gasteiger partial charge on any atom is 0.423 e. The molecule has 76 valence electrons. The monoisotopic (exact) mass is 209 g/mol. The zero-order valence-electron chi connectivity index (χ0n) is 6.51. The van der Waals surface area contributed by atoms with Gasteiger partial charge in [-0.1, -0.05) is 0 Å². The van der Waals surface area contributed by atoms with Gasteiger partial charge in [-0.25, -0.2) is 4.39 Å². The Labute approximate surface area is 75.1 Å². The largest absolute Gasteiger partial charge is 0.423 e. The van der Waals surface area contributed by atoms with Gasteiger partial charge >= 0.3 is 6.18 Å². The Balaban J connectivity index is 3.37. The predicted molar refractivity (Wildman–Crippen MR) is 38.1 cm³/mol. The molecular weight excluding hydrogens is 206 g/mol. The minimum absolute atomic E-state index is 0.239. The van der Waals surface area contributed by atoms with E-state index in [0.717, 1.165) is 0 Å². The van der Waals surface area contributed by atoms with Gasteiger partial charge in [-0.3, -0.25) is 10.1 Å². The highest BCUT2D eigenvalue weighted by Crippen LogP contribution is 2.35. The summed E-state index contributed by atoms with van der Waals surface area (Å²) in [5, 5.41) is 10.2. The van der Waals surface area contributed by atoms with Gasteiger partial charge in [0.1, 0.15) is 11.4 Å². The van der Waals surface area contributed by atoms with Crippen molar-refractivity contribution in [3.63, 3.8) is 0 Å². The second-order valence-electron chi connectivity index (χ2n) is 2.42. The van der Waals surface area contributed by atoms with Crippen molar-refractivity contribution in [1.82, 2.24) is 0 Å². The third-order valence-corrected chi connectivity index (χ3v) is 1.46. The molecule has 0 aliphatic rings. The molecule has 3 nitrogen and oxygen atoms in total. The Bertz CT molecular complexity index is 374. The van der Waals surface area contributed by atoms with Crippen LogP contribution < -0.4 is 0 Å². The topological polar surface area (TPSA) is 43.1 Å². The molecule has 0 N–H and O–H groups in total. The van der Waals surface area contributed by atoms with E-state index in [1.807, 2.05) is 0 Å². The fourth-order valence-corrected chi connectivity index (χ4v) is 0.896. The predicted octanol–water partition coefficient (Wildman–Crippen LogP) is 2.75. The molecule has 0 aliphatic heterocycles. The molecule has 14 heavy (non-hydrogen) atoms. The number of hydrogen-bond donors (Lipinski definition) is 0. The maximum absolute atomic E-state index is 12.4. The summed E-state index contributed by atoms with van der Waals surface area (Å²) >= 11 is 0. The molecule has 7 heteroatoms. The van der Waals surface area contributed by atoms with E-state index in [2.05, 4.69) is 0 Å². The summed E-state index contributed by atoms with van der Waals surface area (Å²) in [6.07, 6.45) is -4.85. The SMILES string of the molecule is O=[N+]([O-])c1cc(F)ccc1C(F)(F)F. The fraction of sp³-hybridized carbons (Fsp3) is 0.143. The number of nitro groups is 1. The lowest BCUT2D eigenvalue weighted by atomic mass is 10.1. The molecule has 0 aliphatic carbocycles. The van der Waals surface area contributed by atoms with Gasteiger partial charge < -0.3 is 0 Å². The first kappa shape index (κ1) is 10.4. The van der Waals surface area contributed by atoms with Crippen molar-refractivity contribution < 1.29 is 22.5 Å². The summed E-state index contributed by atoms with van der Waals surface area (Å²) in [5.41, 5.74) is -2.73. The highest BCUT2D eigenvalue weighted by atomic mass is 19.4. The second-order valence-corrected chi connectivity index (χ2v) is 2.42. The molecule has 1 aromatic carbocycles. The second kappa shape index (κ2) is 3.24. The number of halogens is 4. The van der Waals surface area contributed by atoms with Crippen molar-refractivity contribution in [2.24, 2.45) is 0 Å². The standard InChI is InChI=1S/C7H3F4NO2/c8-4-1-2-5(7(9,10)11)6(3-4)12(13)14/h1-3H. The van der Waals surface area contributed by atoms with Gasteiger partial charge in [-0.15, -0.1) is 0 Å². The van der Waals surface area contributed by atoms with E-state index in [9.17, 15) is 27.7 Å². The first-order chi connectivity index (χ1) is 6.32. The third kappa shape index (κ3) is 1.98. The third-order valence-electron chi connectivity index (χ3n) is 1.46. The summed E-state index contributed by atoms with van der Waals surface area (Å²) in [7, 11) is 0. The molecule has 0 saturated heterocycles. The molecule has 0 spiro atoms. The zero-order chi connectivity index (χ0) is 10.9. The van der Waals surface area contributed by atoms with Crippen molar-refractivity contribution in [2.45, 2.75) is 6.18 Å². The first-order valence-electron chi connectivity index (χ1n) is 3.33. The summed E-state index contributed by atoms with van der Waals surface area (Å²) in [6.45, 7) is 0. The van der Waals surface area contributed by atoms with Crippen molar-refractivity contribution in [3.8, 4) is 0 Å². The van der Waals surface area contributed by atoms with Crippen LogP contribution >= 0.6 is 0 Å². The minimum Gasteiger partial charge on any atom is -0.258 e. The van der Waals surface area contributed by atoms with Crippen molar-refractivity contribution in [1.29, 1.82) is 0 Å². The van der Waals surface area contributed by atoms with Crippen molar-refractivity contribution in [2.75, 3.05) is 0 Å². The van der Waals surface area contributed by atoms with Crippen LogP contribution in [0.25, 0.3) is 0 Å². The summed E-state index contributed by atoms with van der Waals surface area (Å²) in [5.74, 6) is -1.08. The van der Waals surface area contributed by atoms with Crippen LogP contribution in [-0.4, -0.2) is 4.92 Å². The Morgan fingerprint density at radius 2 is 1.86 bits per heavy atom. The van der Waals surface area contributed by atoms with Gasteiger partial charge in [-0.05, 0) is 12.1 Å². The molecule has 0 atom stereocenters. The molecule has 0 bridgehead atoms. The normalized spacial score (nSPS) is 11.4.